The topological polar surface area (TPSA) is 93.4 Å². The predicted octanol–water partition coefficient (Wildman–Crippen LogP) is 2.14. The molecule has 3 N–H and O–H groups in total. The summed E-state index contributed by atoms with van der Waals surface area (Å²) < 4.78 is 13.2. The van der Waals surface area contributed by atoms with E-state index in [1.54, 1.807) is 6.92 Å². The molecule has 0 bridgehead atoms. The summed E-state index contributed by atoms with van der Waals surface area (Å²) in [5, 5.41) is 6.50. The summed E-state index contributed by atoms with van der Waals surface area (Å²) in [5.41, 5.74) is 7.60. The van der Waals surface area contributed by atoms with E-state index in [1.165, 1.54) is 24.8 Å². The number of nitrogens with zero attached hydrogens (tertiary/aromatic N) is 4. The predicted molar refractivity (Wildman–Crippen MR) is 74.1 cm³/mol. The van der Waals surface area contributed by atoms with Crippen molar-refractivity contribution in [2.45, 2.75) is 6.92 Å². The minimum atomic E-state index is -0.479. The normalized spacial score (nSPS) is 9.90. The number of H-pyrrole nitrogens is 1. The summed E-state index contributed by atoms with van der Waals surface area (Å²) in [5.74, 6) is -0.0558. The van der Waals surface area contributed by atoms with E-state index in [0.717, 1.165) is 6.20 Å². The van der Waals surface area contributed by atoms with Gasteiger partial charge in [-0.05, 0) is 18.6 Å². The Morgan fingerprint density at radius 3 is 2.85 bits per heavy atom. The third-order valence-corrected chi connectivity index (χ3v) is 2.44. The zero-order valence-corrected chi connectivity index (χ0v) is 10.8. The van der Waals surface area contributed by atoms with Gasteiger partial charge in [-0.1, -0.05) is 6.58 Å². The lowest BCUT2D eigenvalue weighted by atomic mass is 10.2. The molecule has 0 amide bonds. The monoisotopic (exact) mass is 272 g/mol. The second kappa shape index (κ2) is 5.87. The molecular formula is C13H13FN6. The molecule has 0 aliphatic rings. The number of nitrogen functional groups attached to an aromatic ring is 1. The number of hydrogen-bond donors (Lipinski definition) is 2. The molecule has 0 spiro atoms. The van der Waals surface area contributed by atoms with Gasteiger partial charge in [0.25, 0.3) is 0 Å². The summed E-state index contributed by atoms with van der Waals surface area (Å²) in [6, 6.07) is 1.27. The molecule has 0 aromatic carbocycles. The van der Waals surface area contributed by atoms with E-state index < -0.39 is 5.82 Å². The molecule has 2 rings (SSSR count). The number of nitrogens with two attached hydrogens (primary N) is 1. The van der Waals surface area contributed by atoms with Gasteiger partial charge in [0.15, 0.2) is 5.82 Å². The summed E-state index contributed by atoms with van der Waals surface area (Å²) in [6.07, 6.45) is 5.38. The smallest absolute Gasteiger partial charge is 0.164 e. The minimum absolute atomic E-state index is 0.196. The number of pyridine rings is 1. The van der Waals surface area contributed by atoms with Crippen molar-refractivity contribution in [3.05, 3.63) is 48.9 Å². The van der Waals surface area contributed by atoms with E-state index >= 15 is 0 Å². The standard InChI is InChI=1S/C13H13FN6/c1-8(2)11-6-18-19-7-17-13(20-12(11)15)9-3-10(14)5-16-4-9/h3-7H,1,15H2,2H3,(H,17,19,20). The van der Waals surface area contributed by atoms with Crippen LogP contribution in [0.5, 0.6) is 0 Å². The molecule has 0 aliphatic heterocycles. The highest BCUT2D eigenvalue weighted by atomic mass is 19.1. The number of halogens is 1. The zero-order valence-electron chi connectivity index (χ0n) is 10.8. The second-order valence-electron chi connectivity index (χ2n) is 4.05. The van der Waals surface area contributed by atoms with Crippen molar-refractivity contribution in [1.82, 2.24) is 25.1 Å². The molecule has 2 aromatic heterocycles. The van der Waals surface area contributed by atoms with Crippen LogP contribution in [0, 0.1) is 5.82 Å². The highest BCUT2D eigenvalue weighted by molar-refractivity contribution is 5.69. The van der Waals surface area contributed by atoms with Crippen molar-refractivity contribution in [3.8, 4) is 11.4 Å². The number of hydrogen-bond acceptors (Lipinski definition) is 5. The average Bonchev–Trinajstić information content (AvgIpc) is 2.49. The van der Waals surface area contributed by atoms with Crippen LogP contribution in [0.3, 0.4) is 0 Å². The van der Waals surface area contributed by atoms with Crippen LogP contribution in [0.25, 0.3) is 17.0 Å². The highest BCUT2D eigenvalue weighted by Gasteiger charge is 2.04. The molecule has 0 saturated carbocycles. The molecule has 20 heavy (non-hydrogen) atoms. The van der Waals surface area contributed by atoms with Gasteiger partial charge in [-0.25, -0.2) is 14.4 Å². The zero-order chi connectivity index (χ0) is 14.5. The van der Waals surface area contributed by atoms with E-state index in [-0.39, 0.29) is 11.6 Å². The van der Waals surface area contributed by atoms with E-state index in [1.807, 2.05) is 0 Å². The number of aromatic nitrogens is 5. The molecular weight excluding hydrogens is 259 g/mol. The molecule has 0 fully saturated rings. The van der Waals surface area contributed by atoms with Crippen LogP contribution in [0.4, 0.5) is 10.2 Å². The van der Waals surface area contributed by atoms with E-state index in [9.17, 15) is 4.39 Å². The van der Waals surface area contributed by atoms with Crippen LogP contribution in [0.2, 0.25) is 0 Å². The molecule has 6 nitrogen and oxygen atoms in total. The molecule has 7 heteroatoms. The van der Waals surface area contributed by atoms with Crippen molar-refractivity contribution in [3.63, 3.8) is 0 Å². The molecule has 0 atom stereocenters. The Morgan fingerprint density at radius 1 is 1.35 bits per heavy atom. The highest BCUT2D eigenvalue weighted by Crippen LogP contribution is 2.18. The molecule has 0 saturated heterocycles. The van der Waals surface area contributed by atoms with Crippen LogP contribution in [-0.4, -0.2) is 25.1 Å². The van der Waals surface area contributed by atoms with Crippen molar-refractivity contribution < 1.29 is 4.39 Å². The Balaban J connectivity index is 2.69. The summed E-state index contributed by atoms with van der Waals surface area (Å²) in [6.45, 7) is 5.59. The maximum atomic E-state index is 13.2. The molecule has 0 unspecified atom stereocenters. The van der Waals surface area contributed by atoms with E-state index in [0.29, 0.717) is 16.7 Å². The Morgan fingerprint density at radius 2 is 2.15 bits per heavy atom. The lowest BCUT2D eigenvalue weighted by molar-refractivity contribution is 0.622. The molecule has 2 aromatic rings. The Hall–Kier alpha value is -2.83. The van der Waals surface area contributed by atoms with Gasteiger partial charge in [0, 0.05) is 17.3 Å². The summed E-state index contributed by atoms with van der Waals surface area (Å²) in [7, 11) is 0. The third-order valence-electron chi connectivity index (χ3n) is 2.44. The maximum Gasteiger partial charge on any atom is 0.164 e. The maximum absolute atomic E-state index is 13.2. The Kier molecular flexibility index (Phi) is 3.99. The van der Waals surface area contributed by atoms with Gasteiger partial charge >= 0.3 is 0 Å². The van der Waals surface area contributed by atoms with Crippen molar-refractivity contribution in [2.24, 2.45) is 0 Å². The molecule has 0 aliphatic carbocycles. The SMILES string of the molecule is C=C(C)c1cn[nH]cnc(-c2cncc(F)c2)nc1N. The number of aromatic amines is 1. The Labute approximate surface area is 114 Å². The van der Waals surface area contributed by atoms with Gasteiger partial charge in [-0.15, -0.1) is 0 Å². The fraction of sp³-hybridized carbons (Fsp3) is 0.0769. The molecule has 2 heterocycles. The van der Waals surface area contributed by atoms with Crippen LogP contribution in [-0.2, 0) is 0 Å². The van der Waals surface area contributed by atoms with Crippen molar-refractivity contribution in [1.29, 1.82) is 0 Å². The Bertz CT molecular complexity index is 693. The number of allylic oxidation sites excluding steroid dienone is 1. The first-order valence-electron chi connectivity index (χ1n) is 5.74. The van der Waals surface area contributed by atoms with Crippen molar-refractivity contribution >= 4 is 11.4 Å². The van der Waals surface area contributed by atoms with Crippen LogP contribution in [0.1, 0.15) is 12.5 Å². The first kappa shape index (κ1) is 13.6. The third kappa shape index (κ3) is 3.14. The van der Waals surface area contributed by atoms with Gasteiger partial charge in [-0.2, -0.15) is 5.10 Å². The van der Waals surface area contributed by atoms with Gasteiger partial charge in [0.2, 0.25) is 0 Å². The fourth-order valence-electron chi connectivity index (χ4n) is 1.50. The number of rotatable bonds is 2. The molecule has 0 radical (unpaired) electrons. The van der Waals surface area contributed by atoms with Crippen LogP contribution < -0.4 is 5.73 Å². The van der Waals surface area contributed by atoms with Crippen molar-refractivity contribution in [2.75, 3.05) is 5.73 Å². The summed E-state index contributed by atoms with van der Waals surface area (Å²) >= 11 is 0. The first-order chi connectivity index (χ1) is 9.58. The number of nitrogens with one attached hydrogen (secondary N) is 1. The lowest BCUT2D eigenvalue weighted by Gasteiger charge is -2.01. The van der Waals surface area contributed by atoms with Gasteiger partial charge in [0.05, 0.1) is 12.4 Å². The largest absolute Gasteiger partial charge is 0.383 e. The molecule has 102 valence electrons. The summed E-state index contributed by atoms with van der Waals surface area (Å²) in [4.78, 5) is 12.0. The van der Waals surface area contributed by atoms with Crippen LogP contribution >= 0.6 is 0 Å². The first-order valence-corrected chi connectivity index (χ1v) is 5.74. The quantitative estimate of drug-likeness (QED) is 0.873. The second-order valence-corrected chi connectivity index (χ2v) is 4.05. The minimum Gasteiger partial charge on any atom is -0.383 e. The van der Waals surface area contributed by atoms with Gasteiger partial charge in [0.1, 0.15) is 18.0 Å². The van der Waals surface area contributed by atoms with E-state index in [4.69, 9.17) is 5.73 Å². The lowest BCUT2D eigenvalue weighted by Crippen LogP contribution is -1.96. The van der Waals surface area contributed by atoms with E-state index in [2.05, 4.69) is 31.7 Å². The number of anilines is 1. The van der Waals surface area contributed by atoms with Crippen LogP contribution in [0.15, 0.2) is 37.6 Å². The van der Waals surface area contributed by atoms with Gasteiger partial charge < -0.3 is 5.73 Å². The average molecular weight is 272 g/mol. The fourth-order valence-corrected chi connectivity index (χ4v) is 1.50. The van der Waals surface area contributed by atoms with Gasteiger partial charge in [-0.3, -0.25) is 10.1 Å².